The van der Waals surface area contributed by atoms with Gasteiger partial charge in [-0.05, 0) is 32.0 Å². The second-order valence-electron chi connectivity index (χ2n) is 7.00. The molecule has 0 radical (unpaired) electrons. The Morgan fingerprint density at radius 1 is 1.21 bits per heavy atom. The summed E-state index contributed by atoms with van der Waals surface area (Å²) in [4.78, 5) is 34.9. The fourth-order valence-corrected chi connectivity index (χ4v) is 3.36. The molecule has 0 spiro atoms. The summed E-state index contributed by atoms with van der Waals surface area (Å²) >= 11 is 0. The van der Waals surface area contributed by atoms with Crippen molar-refractivity contribution < 1.29 is 19.4 Å². The largest absolute Gasteiger partial charge is 0.465 e. The molecule has 0 bridgehead atoms. The van der Waals surface area contributed by atoms with E-state index in [9.17, 15) is 9.59 Å². The van der Waals surface area contributed by atoms with E-state index in [4.69, 9.17) is 5.11 Å². The van der Waals surface area contributed by atoms with Crippen LogP contribution in [-0.2, 0) is 11.3 Å². The van der Waals surface area contributed by atoms with Gasteiger partial charge in [-0.25, -0.2) is 9.59 Å². The number of nitrogens with one attached hydrogen (secondary N) is 1. The molecule has 3 rings (SSSR count). The van der Waals surface area contributed by atoms with Crippen molar-refractivity contribution in [3.05, 3.63) is 42.4 Å². The molecular formula is C20H25N5O4. The minimum absolute atomic E-state index is 0.335. The van der Waals surface area contributed by atoms with Gasteiger partial charge in [0.05, 0.1) is 30.9 Å². The molecule has 1 aliphatic heterocycles. The normalized spacial score (nSPS) is 14.7. The maximum absolute atomic E-state index is 11.2. The Hall–Kier alpha value is -3.20. The van der Waals surface area contributed by atoms with Crippen LogP contribution in [-0.4, -0.2) is 70.3 Å². The Kier molecular flexibility index (Phi) is 6.61. The van der Waals surface area contributed by atoms with E-state index in [0.29, 0.717) is 31.4 Å². The van der Waals surface area contributed by atoms with Gasteiger partial charge in [-0.15, -0.1) is 0 Å². The second-order valence-corrected chi connectivity index (χ2v) is 7.00. The molecule has 154 valence electrons. The Morgan fingerprint density at radius 3 is 2.45 bits per heavy atom. The van der Waals surface area contributed by atoms with E-state index in [2.05, 4.69) is 24.9 Å². The first kappa shape index (κ1) is 20.5. The maximum Gasteiger partial charge on any atom is 0.411 e. The van der Waals surface area contributed by atoms with Crippen LogP contribution in [0.4, 0.5) is 15.3 Å². The summed E-state index contributed by atoms with van der Waals surface area (Å²) in [6, 6.07) is 7.61. The van der Waals surface area contributed by atoms with Gasteiger partial charge in [-0.1, -0.05) is 12.1 Å². The van der Waals surface area contributed by atoms with Gasteiger partial charge in [0.15, 0.2) is 0 Å². The van der Waals surface area contributed by atoms with E-state index in [1.165, 1.54) is 12.0 Å². The number of carbonyl (C=O) groups is 2. The summed E-state index contributed by atoms with van der Waals surface area (Å²) in [5.41, 5.74) is 3.14. The fourth-order valence-electron chi connectivity index (χ4n) is 3.36. The van der Waals surface area contributed by atoms with Crippen molar-refractivity contribution in [1.29, 1.82) is 0 Å². The van der Waals surface area contributed by atoms with E-state index in [1.807, 2.05) is 19.2 Å². The third-order valence-corrected chi connectivity index (χ3v) is 5.09. The summed E-state index contributed by atoms with van der Waals surface area (Å²) in [7, 11) is 3.35. The third-order valence-electron chi connectivity index (χ3n) is 5.09. The van der Waals surface area contributed by atoms with Crippen molar-refractivity contribution in [2.75, 3.05) is 32.6 Å². The molecule has 2 aromatic rings. The number of rotatable bonds is 5. The molecule has 1 fully saturated rings. The smallest absolute Gasteiger partial charge is 0.411 e. The Labute approximate surface area is 169 Å². The number of anilines is 1. The van der Waals surface area contributed by atoms with Gasteiger partial charge < -0.3 is 14.7 Å². The van der Waals surface area contributed by atoms with E-state index in [0.717, 1.165) is 29.8 Å². The Bertz CT molecular complexity index is 833. The second kappa shape index (κ2) is 9.33. The summed E-state index contributed by atoms with van der Waals surface area (Å²) in [6.07, 6.45) is 3.78. The van der Waals surface area contributed by atoms with Gasteiger partial charge in [0.1, 0.15) is 0 Å². The number of carbonyl (C=O) groups excluding carboxylic acids is 1. The summed E-state index contributed by atoms with van der Waals surface area (Å²) in [5.74, 6) is 0. The number of methoxy groups -OCH3 is 1. The first-order chi connectivity index (χ1) is 14.0. The molecule has 1 aliphatic rings. The van der Waals surface area contributed by atoms with E-state index in [-0.39, 0.29) is 0 Å². The fraction of sp³-hybridized carbons (Fsp3) is 0.400. The number of piperidine rings is 1. The number of aromatic nitrogens is 2. The molecule has 29 heavy (non-hydrogen) atoms. The molecule has 1 aromatic carbocycles. The highest BCUT2D eigenvalue weighted by Crippen LogP contribution is 2.20. The number of likely N-dealkylation sites (tertiary alicyclic amines) is 1. The lowest BCUT2D eigenvalue weighted by Gasteiger charge is -2.35. The molecule has 0 saturated carbocycles. The van der Waals surface area contributed by atoms with E-state index >= 15 is 0 Å². The van der Waals surface area contributed by atoms with Gasteiger partial charge in [0, 0.05) is 36.9 Å². The monoisotopic (exact) mass is 399 g/mol. The average Bonchev–Trinajstić information content (AvgIpc) is 2.75. The first-order valence-corrected chi connectivity index (χ1v) is 9.40. The zero-order chi connectivity index (χ0) is 20.8. The van der Waals surface area contributed by atoms with Gasteiger partial charge in [-0.2, -0.15) is 0 Å². The molecule has 9 nitrogen and oxygen atoms in total. The number of hydrogen-bond donors (Lipinski definition) is 2. The highest BCUT2D eigenvalue weighted by molar-refractivity contribution is 5.84. The maximum atomic E-state index is 11.2. The summed E-state index contributed by atoms with van der Waals surface area (Å²) < 4.78 is 4.57. The Balaban J connectivity index is 1.56. The molecular weight excluding hydrogens is 374 g/mol. The third kappa shape index (κ3) is 5.41. The van der Waals surface area contributed by atoms with Crippen molar-refractivity contribution in [1.82, 2.24) is 19.8 Å². The van der Waals surface area contributed by atoms with Gasteiger partial charge in [-0.3, -0.25) is 20.2 Å². The Morgan fingerprint density at radius 2 is 1.90 bits per heavy atom. The summed E-state index contributed by atoms with van der Waals surface area (Å²) in [5, 5.41) is 11.7. The van der Waals surface area contributed by atoms with Crippen LogP contribution in [0.3, 0.4) is 0 Å². The molecule has 0 atom stereocenters. The molecule has 2 heterocycles. The minimum Gasteiger partial charge on any atom is -0.465 e. The number of nitrogens with zero attached hydrogens (tertiary/aromatic N) is 4. The van der Waals surface area contributed by atoms with Crippen LogP contribution in [0.15, 0.2) is 36.7 Å². The van der Waals surface area contributed by atoms with E-state index < -0.39 is 12.2 Å². The van der Waals surface area contributed by atoms with Gasteiger partial charge in [0.25, 0.3) is 0 Å². The molecule has 9 heteroatoms. The zero-order valence-corrected chi connectivity index (χ0v) is 16.5. The van der Waals surface area contributed by atoms with Crippen LogP contribution in [0, 0.1) is 0 Å². The lowest BCUT2D eigenvalue weighted by Crippen LogP contribution is -2.44. The highest BCUT2D eigenvalue weighted by atomic mass is 16.5. The number of carboxylic acid groups (broad SMARTS) is 1. The van der Waals surface area contributed by atoms with Crippen LogP contribution in [0.25, 0.3) is 11.3 Å². The van der Waals surface area contributed by atoms with Crippen molar-refractivity contribution in [3.8, 4) is 11.3 Å². The molecule has 2 N–H and O–H groups in total. The number of ether oxygens (including phenoxy) is 1. The molecule has 0 aliphatic carbocycles. The lowest BCUT2D eigenvalue weighted by molar-refractivity contribution is 0.102. The SMILES string of the molecule is COC(=O)Nc1ccc(-c2cnc(CN(C)C3CCN(C(=O)O)CC3)cn2)cc1. The topological polar surface area (TPSA) is 108 Å². The molecule has 0 unspecified atom stereocenters. The number of benzene rings is 1. The van der Waals surface area contributed by atoms with Gasteiger partial charge >= 0.3 is 12.2 Å². The van der Waals surface area contributed by atoms with Crippen molar-refractivity contribution >= 4 is 17.9 Å². The number of amides is 2. The number of hydrogen-bond acceptors (Lipinski definition) is 6. The average molecular weight is 399 g/mol. The highest BCUT2D eigenvalue weighted by Gasteiger charge is 2.25. The summed E-state index contributed by atoms with van der Waals surface area (Å²) in [6.45, 7) is 1.79. The standard InChI is InChI=1S/C20H25N5O4/c1-24(17-7-9-25(10-8-17)20(27)28)13-16-11-22-18(12-21-16)14-3-5-15(6-4-14)23-19(26)29-2/h3-6,11-12,17H,7-10,13H2,1-2H3,(H,23,26)(H,27,28). The predicted octanol–water partition coefficient (Wildman–Crippen LogP) is 2.90. The van der Waals surface area contributed by atoms with Gasteiger partial charge in [0.2, 0.25) is 0 Å². The minimum atomic E-state index is -0.846. The lowest BCUT2D eigenvalue weighted by atomic mass is 10.0. The van der Waals surface area contributed by atoms with Crippen LogP contribution in [0.5, 0.6) is 0 Å². The van der Waals surface area contributed by atoms with Crippen molar-refractivity contribution in [3.63, 3.8) is 0 Å². The zero-order valence-electron chi connectivity index (χ0n) is 16.5. The first-order valence-electron chi connectivity index (χ1n) is 9.40. The van der Waals surface area contributed by atoms with Crippen LogP contribution in [0.1, 0.15) is 18.5 Å². The quantitative estimate of drug-likeness (QED) is 0.796. The van der Waals surface area contributed by atoms with E-state index in [1.54, 1.807) is 24.5 Å². The molecule has 1 saturated heterocycles. The van der Waals surface area contributed by atoms with Crippen molar-refractivity contribution in [2.45, 2.75) is 25.4 Å². The van der Waals surface area contributed by atoms with Crippen LogP contribution < -0.4 is 5.32 Å². The van der Waals surface area contributed by atoms with Crippen molar-refractivity contribution in [2.24, 2.45) is 0 Å². The molecule has 1 aromatic heterocycles. The predicted molar refractivity (Wildman–Crippen MR) is 108 cm³/mol. The van der Waals surface area contributed by atoms with Crippen LogP contribution in [0.2, 0.25) is 0 Å². The molecule has 2 amide bonds. The van der Waals surface area contributed by atoms with Crippen LogP contribution >= 0.6 is 0 Å².